The molecule has 0 aliphatic heterocycles. The first-order valence-corrected chi connectivity index (χ1v) is 17.4. The molecule has 5 heteroatoms. The van der Waals surface area contributed by atoms with Crippen LogP contribution in [0.5, 0.6) is 0 Å². The summed E-state index contributed by atoms with van der Waals surface area (Å²) in [4.78, 5) is 20.2. The largest absolute Gasteiger partial charge is 0.481 e. The maximum Gasteiger partial charge on any atom is 0.305 e. The molecule has 47 heavy (non-hydrogen) atoms. The number of H-pyrrole nitrogens is 1. The van der Waals surface area contributed by atoms with Crippen LogP contribution in [0.25, 0.3) is 33.5 Å². The molecule has 0 amide bonds. The Hall–Kier alpha value is -4.38. The number of aromatic nitrogens is 2. The van der Waals surface area contributed by atoms with Crippen molar-refractivity contribution in [3.05, 3.63) is 107 Å². The summed E-state index contributed by atoms with van der Waals surface area (Å²) < 4.78 is 0. The van der Waals surface area contributed by atoms with Gasteiger partial charge in [0, 0.05) is 17.8 Å². The topological polar surface area (TPSA) is 78.0 Å². The standard InChI is InChI=1S/C42H47N3O2/c1-27(2)29-15-18-34-30(25-29)16-20-37-41(3,22-10-23-42(34,37)4)26-33-31(28-11-6-5-7-12-28)17-19-36-39(33)45-40(44-36)32-13-8-9-14-35(32)43-24-21-38(46)47/h5-9,11-15,17-19,25,27,37,43H,10,16,20-24,26H2,1-4H3,(H,44,45)(H,46,47)/t37-,41+,42+/m0/s1. The van der Waals surface area contributed by atoms with Crippen molar-refractivity contribution in [1.82, 2.24) is 9.97 Å². The van der Waals surface area contributed by atoms with Crippen molar-refractivity contribution >= 4 is 22.7 Å². The number of nitrogens with one attached hydrogen (secondary N) is 2. The average Bonchev–Trinajstić information content (AvgIpc) is 3.50. The van der Waals surface area contributed by atoms with Gasteiger partial charge in [0.05, 0.1) is 17.5 Å². The van der Waals surface area contributed by atoms with Crippen LogP contribution >= 0.6 is 0 Å². The highest BCUT2D eigenvalue weighted by Gasteiger charge is 2.51. The van der Waals surface area contributed by atoms with E-state index in [1.54, 1.807) is 11.1 Å². The van der Waals surface area contributed by atoms with Crippen LogP contribution in [0.3, 0.4) is 0 Å². The molecule has 0 saturated heterocycles. The summed E-state index contributed by atoms with van der Waals surface area (Å²) in [5.74, 6) is 1.12. The highest BCUT2D eigenvalue weighted by atomic mass is 16.4. The van der Waals surface area contributed by atoms with Gasteiger partial charge in [0.2, 0.25) is 0 Å². The number of carboxylic acid groups (broad SMARTS) is 1. The molecular weight excluding hydrogens is 578 g/mol. The molecule has 1 heterocycles. The molecule has 5 nitrogen and oxygen atoms in total. The smallest absolute Gasteiger partial charge is 0.305 e. The third kappa shape index (κ3) is 5.75. The Balaban J connectivity index is 1.31. The Labute approximate surface area is 278 Å². The van der Waals surface area contributed by atoms with E-state index >= 15 is 0 Å². The van der Waals surface area contributed by atoms with Crippen LogP contribution in [0.2, 0.25) is 0 Å². The minimum absolute atomic E-state index is 0.0566. The average molecular weight is 626 g/mol. The van der Waals surface area contributed by atoms with Gasteiger partial charge in [-0.15, -0.1) is 0 Å². The number of anilines is 1. The zero-order valence-corrected chi connectivity index (χ0v) is 28.2. The van der Waals surface area contributed by atoms with E-state index in [9.17, 15) is 9.90 Å². The van der Waals surface area contributed by atoms with E-state index in [-0.39, 0.29) is 17.3 Å². The van der Waals surface area contributed by atoms with Gasteiger partial charge in [0.1, 0.15) is 5.82 Å². The van der Waals surface area contributed by atoms with Gasteiger partial charge >= 0.3 is 5.97 Å². The Morgan fingerprint density at radius 2 is 1.77 bits per heavy atom. The summed E-state index contributed by atoms with van der Waals surface area (Å²) in [6.45, 7) is 10.1. The molecule has 0 spiro atoms. The molecule has 2 aliphatic rings. The molecule has 1 fully saturated rings. The summed E-state index contributed by atoms with van der Waals surface area (Å²) in [5.41, 5.74) is 12.6. The lowest BCUT2D eigenvalue weighted by atomic mass is 9.48. The van der Waals surface area contributed by atoms with Crippen LogP contribution in [0.15, 0.2) is 84.9 Å². The minimum atomic E-state index is -0.814. The van der Waals surface area contributed by atoms with Crippen LogP contribution in [0, 0.1) is 11.3 Å². The monoisotopic (exact) mass is 625 g/mol. The molecule has 7 rings (SSSR count). The highest BCUT2D eigenvalue weighted by Crippen LogP contribution is 2.59. The number of benzene rings is 4. The molecule has 1 aromatic heterocycles. The van der Waals surface area contributed by atoms with Gasteiger partial charge in [0.15, 0.2) is 0 Å². The summed E-state index contributed by atoms with van der Waals surface area (Å²) in [6.07, 6.45) is 7.09. The highest BCUT2D eigenvalue weighted by molar-refractivity contribution is 5.90. The number of hydrogen-bond donors (Lipinski definition) is 3. The summed E-state index contributed by atoms with van der Waals surface area (Å²) >= 11 is 0. The Bertz CT molecular complexity index is 1930. The Morgan fingerprint density at radius 3 is 2.55 bits per heavy atom. The van der Waals surface area contributed by atoms with Gasteiger partial charge < -0.3 is 15.4 Å². The molecule has 2 aliphatic carbocycles. The second kappa shape index (κ2) is 12.3. The SMILES string of the molecule is CC(C)c1ccc2c(c1)CC[C@H]1[C@@](C)(Cc3c(-c4ccccc4)ccc4[nH]c(-c5ccccc5NCCC(=O)O)nc34)CCC[C@]21C. The molecule has 4 aromatic carbocycles. The van der Waals surface area contributed by atoms with Crippen molar-refractivity contribution in [1.29, 1.82) is 0 Å². The molecule has 242 valence electrons. The predicted molar refractivity (Wildman–Crippen MR) is 193 cm³/mol. The number of aromatic amines is 1. The zero-order valence-electron chi connectivity index (χ0n) is 28.2. The van der Waals surface area contributed by atoms with E-state index in [4.69, 9.17) is 4.98 Å². The lowest BCUT2D eigenvalue weighted by Gasteiger charge is -2.56. The first-order chi connectivity index (χ1) is 22.7. The molecular formula is C42H47N3O2. The summed E-state index contributed by atoms with van der Waals surface area (Å²) in [5, 5.41) is 12.5. The van der Waals surface area contributed by atoms with Crippen LogP contribution in [-0.4, -0.2) is 27.6 Å². The van der Waals surface area contributed by atoms with Gasteiger partial charge in [-0.25, -0.2) is 4.98 Å². The number of hydrogen-bond acceptors (Lipinski definition) is 3. The van der Waals surface area contributed by atoms with E-state index in [2.05, 4.69) is 105 Å². The number of aryl methyl sites for hydroxylation is 1. The van der Waals surface area contributed by atoms with Crippen molar-refractivity contribution in [3.63, 3.8) is 0 Å². The number of nitrogens with zero attached hydrogens (tertiary/aromatic N) is 1. The van der Waals surface area contributed by atoms with Gasteiger partial charge in [-0.3, -0.25) is 4.79 Å². The van der Waals surface area contributed by atoms with E-state index in [0.717, 1.165) is 41.0 Å². The molecule has 3 atom stereocenters. The maximum absolute atomic E-state index is 11.2. The fourth-order valence-electron chi connectivity index (χ4n) is 9.09. The number of para-hydroxylation sites is 1. The van der Waals surface area contributed by atoms with E-state index < -0.39 is 5.97 Å². The van der Waals surface area contributed by atoms with Crippen molar-refractivity contribution in [2.45, 2.75) is 84.0 Å². The molecule has 1 saturated carbocycles. The predicted octanol–water partition coefficient (Wildman–Crippen LogP) is 10.2. The minimum Gasteiger partial charge on any atom is -0.481 e. The third-order valence-electron chi connectivity index (χ3n) is 11.4. The van der Waals surface area contributed by atoms with Gasteiger partial charge in [0.25, 0.3) is 0 Å². The first kappa shape index (κ1) is 31.2. The summed E-state index contributed by atoms with van der Waals surface area (Å²) in [7, 11) is 0. The van der Waals surface area contributed by atoms with Crippen molar-refractivity contribution in [2.75, 3.05) is 11.9 Å². The molecule has 5 aromatic rings. The van der Waals surface area contributed by atoms with Crippen LogP contribution < -0.4 is 5.32 Å². The Morgan fingerprint density at radius 1 is 0.979 bits per heavy atom. The van der Waals surface area contributed by atoms with Crippen LogP contribution in [-0.2, 0) is 23.1 Å². The van der Waals surface area contributed by atoms with Gasteiger partial charge in [-0.2, -0.15) is 0 Å². The fourth-order valence-corrected chi connectivity index (χ4v) is 9.09. The van der Waals surface area contributed by atoms with Crippen LogP contribution in [0.4, 0.5) is 5.69 Å². The molecule has 0 unspecified atom stereocenters. The molecule has 3 N–H and O–H groups in total. The van der Waals surface area contributed by atoms with Crippen molar-refractivity contribution in [2.24, 2.45) is 11.3 Å². The lowest BCUT2D eigenvalue weighted by molar-refractivity contribution is -0.136. The fraction of sp³-hybridized carbons (Fsp3) is 0.381. The van der Waals surface area contributed by atoms with Gasteiger partial charge in [-0.1, -0.05) is 101 Å². The number of imidazole rings is 1. The van der Waals surface area contributed by atoms with E-state index in [0.29, 0.717) is 18.4 Å². The quantitative estimate of drug-likeness (QED) is 0.152. The van der Waals surface area contributed by atoms with E-state index in [1.807, 2.05) is 18.2 Å². The lowest BCUT2D eigenvalue weighted by Crippen LogP contribution is -2.50. The zero-order chi connectivity index (χ0) is 32.8. The number of fused-ring (bicyclic) bond motifs is 4. The number of aliphatic carboxylic acids is 1. The molecule has 0 radical (unpaired) electrons. The summed E-state index contributed by atoms with van der Waals surface area (Å²) in [6, 6.07) is 30.6. The molecule has 0 bridgehead atoms. The first-order valence-electron chi connectivity index (χ1n) is 17.4. The maximum atomic E-state index is 11.2. The second-order valence-electron chi connectivity index (χ2n) is 14.8. The third-order valence-corrected chi connectivity index (χ3v) is 11.4. The number of carbonyl (C=O) groups is 1. The van der Waals surface area contributed by atoms with E-state index in [1.165, 1.54) is 47.9 Å². The normalized spacial score (nSPS) is 22.2. The van der Waals surface area contributed by atoms with Crippen LogP contribution in [0.1, 0.15) is 88.0 Å². The van der Waals surface area contributed by atoms with Gasteiger partial charge in [-0.05, 0) is 106 Å². The number of carboxylic acids is 1. The van der Waals surface area contributed by atoms with Crippen molar-refractivity contribution < 1.29 is 9.90 Å². The number of rotatable bonds is 9. The second-order valence-corrected chi connectivity index (χ2v) is 14.8. The van der Waals surface area contributed by atoms with Crippen molar-refractivity contribution in [3.8, 4) is 22.5 Å². The Kier molecular flexibility index (Phi) is 8.20.